The zero-order chi connectivity index (χ0) is 16.5. The zero-order valence-corrected chi connectivity index (χ0v) is 14.6. The topological polar surface area (TPSA) is 57.4 Å². The summed E-state index contributed by atoms with van der Waals surface area (Å²) in [4.78, 5) is 2.09. The normalized spacial score (nSPS) is 11.1. The predicted molar refractivity (Wildman–Crippen MR) is 95.9 cm³/mol. The molecule has 0 aromatic heterocycles. The molecule has 0 atom stereocenters. The zero-order valence-electron chi connectivity index (χ0n) is 13.0. The summed E-state index contributed by atoms with van der Waals surface area (Å²) in [5.41, 5.74) is 2.71. The first-order chi connectivity index (χ1) is 11.2. The summed E-state index contributed by atoms with van der Waals surface area (Å²) in [5.74, 6) is 0. The van der Waals surface area contributed by atoms with Crippen molar-refractivity contribution in [2.45, 2.75) is 0 Å². The van der Waals surface area contributed by atoms with Gasteiger partial charge >= 0.3 is 0 Å². The summed E-state index contributed by atoms with van der Waals surface area (Å²) in [6.45, 7) is 1.78. The van der Waals surface area contributed by atoms with Gasteiger partial charge in [0.05, 0.1) is 31.2 Å². The summed E-state index contributed by atoms with van der Waals surface area (Å²) >= 11 is 3.39. The molecule has 6 heteroatoms. The van der Waals surface area contributed by atoms with E-state index in [0.29, 0.717) is 13.2 Å². The number of ether oxygens (including phenoxy) is 1. The molecular formula is C17H20BrN3O2. The maximum Gasteiger partial charge on any atom is 0.0858 e. The van der Waals surface area contributed by atoms with Gasteiger partial charge in [0.1, 0.15) is 0 Å². The van der Waals surface area contributed by atoms with Gasteiger partial charge < -0.3 is 14.7 Å². The van der Waals surface area contributed by atoms with E-state index >= 15 is 0 Å². The van der Waals surface area contributed by atoms with Crippen LogP contribution in [0.2, 0.25) is 0 Å². The number of anilines is 1. The maximum absolute atomic E-state index is 8.67. The highest BCUT2D eigenvalue weighted by molar-refractivity contribution is 9.10. The molecule has 2 rings (SSSR count). The average molecular weight is 378 g/mol. The number of aliphatic hydroxyl groups excluding tert-OH is 1. The summed E-state index contributed by atoms with van der Waals surface area (Å²) in [6.07, 6.45) is 0. The Bertz CT molecular complexity index is 615. The fraction of sp³-hybridized carbons (Fsp3) is 0.294. The molecule has 0 fully saturated rings. The minimum absolute atomic E-state index is 0.0573. The molecule has 122 valence electrons. The van der Waals surface area contributed by atoms with Crippen LogP contribution < -0.4 is 4.90 Å². The molecule has 0 saturated carbocycles. The molecule has 23 heavy (non-hydrogen) atoms. The molecule has 0 saturated heterocycles. The first-order valence-corrected chi connectivity index (χ1v) is 8.15. The van der Waals surface area contributed by atoms with Gasteiger partial charge in [0.2, 0.25) is 0 Å². The Morgan fingerprint density at radius 2 is 1.52 bits per heavy atom. The minimum atomic E-state index is 0.0573. The number of likely N-dealkylation sites (N-methyl/N-ethyl adjacent to an activating group) is 1. The number of aliphatic hydroxyl groups is 1. The number of halogens is 1. The van der Waals surface area contributed by atoms with Gasteiger partial charge in [-0.1, -0.05) is 15.9 Å². The second-order valence-corrected chi connectivity index (χ2v) is 5.87. The molecule has 0 amide bonds. The van der Waals surface area contributed by atoms with Gasteiger partial charge in [-0.25, -0.2) is 0 Å². The minimum Gasteiger partial charge on any atom is -0.394 e. The van der Waals surface area contributed by atoms with Crippen molar-refractivity contribution < 1.29 is 9.84 Å². The lowest BCUT2D eigenvalue weighted by Crippen LogP contribution is -2.22. The highest BCUT2D eigenvalue weighted by Crippen LogP contribution is 2.22. The third kappa shape index (κ3) is 6.09. The van der Waals surface area contributed by atoms with E-state index in [1.807, 2.05) is 55.6 Å². The van der Waals surface area contributed by atoms with Gasteiger partial charge in [-0.15, -0.1) is 0 Å². The van der Waals surface area contributed by atoms with Crippen LogP contribution in [0, 0.1) is 0 Å². The summed E-state index contributed by atoms with van der Waals surface area (Å²) in [6, 6.07) is 15.6. The van der Waals surface area contributed by atoms with Gasteiger partial charge in [-0.05, 0) is 48.5 Å². The van der Waals surface area contributed by atoms with Gasteiger partial charge in [0, 0.05) is 23.8 Å². The largest absolute Gasteiger partial charge is 0.394 e. The molecule has 0 aliphatic carbocycles. The van der Waals surface area contributed by atoms with Crippen molar-refractivity contribution in [1.29, 1.82) is 0 Å². The first-order valence-electron chi connectivity index (χ1n) is 7.36. The molecule has 0 unspecified atom stereocenters. The van der Waals surface area contributed by atoms with Gasteiger partial charge in [0.15, 0.2) is 0 Å². The smallest absolute Gasteiger partial charge is 0.0858 e. The Kier molecular flexibility index (Phi) is 7.19. The molecule has 0 bridgehead atoms. The second kappa shape index (κ2) is 9.39. The van der Waals surface area contributed by atoms with Gasteiger partial charge in [-0.2, -0.15) is 10.2 Å². The van der Waals surface area contributed by atoms with Crippen LogP contribution in [0.1, 0.15) is 0 Å². The van der Waals surface area contributed by atoms with E-state index < -0.39 is 0 Å². The van der Waals surface area contributed by atoms with Crippen LogP contribution in [0.5, 0.6) is 0 Å². The van der Waals surface area contributed by atoms with E-state index in [1.165, 1.54) is 0 Å². The van der Waals surface area contributed by atoms with Crippen LogP contribution in [-0.2, 0) is 4.74 Å². The molecule has 0 heterocycles. The van der Waals surface area contributed by atoms with E-state index in [2.05, 4.69) is 31.1 Å². The van der Waals surface area contributed by atoms with Crippen LogP contribution in [0.25, 0.3) is 0 Å². The highest BCUT2D eigenvalue weighted by Gasteiger charge is 2.01. The number of hydrogen-bond donors (Lipinski definition) is 1. The predicted octanol–water partition coefficient (Wildman–Crippen LogP) is 4.31. The lowest BCUT2D eigenvalue weighted by Gasteiger charge is -2.19. The summed E-state index contributed by atoms with van der Waals surface area (Å²) < 4.78 is 6.29. The molecule has 5 nitrogen and oxygen atoms in total. The van der Waals surface area contributed by atoms with Crippen LogP contribution in [0.15, 0.2) is 63.2 Å². The fourth-order valence-electron chi connectivity index (χ4n) is 1.89. The van der Waals surface area contributed by atoms with Crippen LogP contribution >= 0.6 is 15.9 Å². The third-order valence-corrected chi connectivity index (χ3v) is 3.73. The lowest BCUT2D eigenvalue weighted by molar-refractivity contribution is 0.0971. The maximum atomic E-state index is 8.67. The van der Waals surface area contributed by atoms with Crippen molar-refractivity contribution in [1.82, 2.24) is 0 Å². The molecule has 1 N–H and O–H groups in total. The Morgan fingerprint density at radius 1 is 0.957 bits per heavy atom. The van der Waals surface area contributed by atoms with Gasteiger partial charge in [-0.3, -0.25) is 0 Å². The summed E-state index contributed by atoms with van der Waals surface area (Å²) in [5, 5.41) is 17.1. The standard InChI is InChI=1S/C17H20BrN3O2/c1-21(10-12-23-13-11-22)17-8-6-16(7-9-17)20-19-15-4-2-14(18)3-5-15/h2-9,22H,10-13H2,1H3. The number of rotatable bonds is 8. The quantitative estimate of drug-likeness (QED) is 0.550. The van der Waals surface area contributed by atoms with Crippen LogP contribution in [-0.4, -0.2) is 38.5 Å². The van der Waals surface area contributed by atoms with E-state index in [-0.39, 0.29) is 6.61 Å². The third-order valence-electron chi connectivity index (χ3n) is 3.20. The molecular weight excluding hydrogens is 358 g/mol. The van der Waals surface area contributed by atoms with Crippen LogP contribution in [0.3, 0.4) is 0 Å². The lowest BCUT2D eigenvalue weighted by atomic mass is 10.2. The number of benzene rings is 2. The van der Waals surface area contributed by atoms with Crippen molar-refractivity contribution in [3.8, 4) is 0 Å². The second-order valence-electron chi connectivity index (χ2n) is 4.95. The van der Waals surface area contributed by atoms with Crippen molar-refractivity contribution >= 4 is 33.0 Å². The summed E-state index contributed by atoms with van der Waals surface area (Å²) in [7, 11) is 2.00. The number of hydrogen-bond acceptors (Lipinski definition) is 5. The van der Waals surface area contributed by atoms with Crippen LogP contribution in [0.4, 0.5) is 17.1 Å². The van der Waals surface area contributed by atoms with Crippen molar-refractivity contribution in [2.75, 3.05) is 38.3 Å². The number of nitrogens with zero attached hydrogens (tertiary/aromatic N) is 3. The van der Waals surface area contributed by atoms with Crippen molar-refractivity contribution in [2.24, 2.45) is 10.2 Å². The molecule has 0 spiro atoms. The molecule has 0 radical (unpaired) electrons. The Labute approximate surface area is 144 Å². The van der Waals surface area contributed by atoms with Crippen molar-refractivity contribution in [3.05, 3.63) is 53.0 Å². The SMILES string of the molecule is CN(CCOCCO)c1ccc(N=Nc2ccc(Br)cc2)cc1. The number of azo groups is 1. The average Bonchev–Trinajstić information content (AvgIpc) is 2.58. The molecule has 0 aliphatic rings. The Morgan fingerprint density at radius 3 is 2.09 bits per heavy atom. The Hall–Kier alpha value is -1.76. The van der Waals surface area contributed by atoms with E-state index in [9.17, 15) is 0 Å². The van der Waals surface area contributed by atoms with E-state index in [0.717, 1.165) is 28.1 Å². The molecule has 2 aromatic rings. The highest BCUT2D eigenvalue weighted by atomic mass is 79.9. The van der Waals surface area contributed by atoms with E-state index in [4.69, 9.17) is 9.84 Å². The fourth-order valence-corrected chi connectivity index (χ4v) is 2.16. The van der Waals surface area contributed by atoms with Crippen molar-refractivity contribution in [3.63, 3.8) is 0 Å². The first kappa shape index (κ1) is 17.6. The molecule has 0 aliphatic heterocycles. The van der Waals surface area contributed by atoms with Gasteiger partial charge in [0.25, 0.3) is 0 Å². The monoisotopic (exact) mass is 377 g/mol. The molecule has 2 aromatic carbocycles. The Balaban J connectivity index is 1.89. The van der Waals surface area contributed by atoms with E-state index in [1.54, 1.807) is 0 Å².